The predicted octanol–water partition coefficient (Wildman–Crippen LogP) is 3.02. The van der Waals surface area contributed by atoms with E-state index in [1.54, 1.807) is 12.1 Å². The number of aromatic nitrogens is 1. The molecule has 1 aromatic carbocycles. The van der Waals surface area contributed by atoms with Crippen molar-refractivity contribution in [3.05, 3.63) is 59.4 Å². The van der Waals surface area contributed by atoms with Gasteiger partial charge in [-0.05, 0) is 35.9 Å². The van der Waals surface area contributed by atoms with E-state index in [0.717, 1.165) is 16.9 Å². The summed E-state index contributed by atoms with van der Waals surface area (Å²) in [5.41, 5.74) is 3.13. The molecule has 0 amide bonds. The second-order valence-electron chi connectivity index (χ2n) is 4.60. The monoisotopic (exact) mass is 268 g/mol. The molecule has 0 aliphatic heterocycles. The maximum Gasteiger partial charge on any atom is 0.337 e. The van der Waals surface area contributed by atoms with Gasteiger partial charge in [-0.1, -0.05) is 18.2 Å². The summed E-state index contributed by atoms with van der Waals surface area (Å²) < 4.78 is 0. The average Bonchev–Trinajstić information content (AvgIpc) is 2.46. The molecule has 0 bridgehead atoms. The molecule has 2 aromatic rings. The normalized spacial score (nSPS) is 10.7. The fourth-order valence-electron chi connectivity index (χ4n) is 1.70. The van der Waals surface area contributed by atoms with Gasteiger partial charge in [-0.3, -0.25) is 4.98 Å². The highest BCUT2D eigenvalue weighted by molar-refractivity contribution is 5.87. The molecule has 20 heavy (non-hydrogen) atoms. The first kappa shape index (κ1) is 13.8. The van der Waals surface area contributed by atoms with Crippen molar-refractivity contribution >= 4 is 23.8 Å². The van der Waals surface area contributed by atoms with Gasteiger partial charge in [-0.15, -0.1) is 0 Å². The van der Waals surface area contributed by atoms with E-state index < -0.39 is 5.97 Å². The number of anilines is 1. The van der Waals surface area contributed by atoms with Crippen molar-refractivity contribution in [3.8, 4) is 0 Å². The Morgan fingerprint density at radius 2 is 1.80 bits per heavy atom. The van der Waals surface area contributed by atoms with Gasteiger partial charge in [0.05, 0.1) is 11.3 Å². The highest BCUT2D eigenvalue weighted by Crippen LogP contribution is 2.14. The van der Waals surface area contributed by atoms with Crippen molar-refractivity contribution in [2.75, 3.05) is 19.0 Å². The number of carbonyl (C=O) groups is 1. The van der Waals surface area contributed by atoms with Crippen LogP contribution in [0.5, 0.6) is 0 Å². The molecule has 1 N–H and O–H groups in total. The highest BCUT2D eigenvalue weighted by atomic mass is 16.4. The molecule has 4 nitrogen and oxygen atoms in total. The Balaban J connectivity index is 2.10. The second-order valence-corrected chi connectivity index (χ2v) is 4.60. The van der Waals surface area contributed by atoms with Gasteiger partial charge in [-0.2, -0.15) is 0 Å². The first-order valence-corrected chi connectivity index (χ1v) is 6.21. The summed E-state index contributed by atoms with van der Waals surface area (Å²) in [4.78, 5) is 16.8. The number of pyridine rings is 1. The van der Waals surface area contributed by atoms with E-state index in [2.05, 4.69) is 4.98 Å². The van der Waals surface area contributed by atoms with Crippen LogP contribution in [0.3, 0.4) is 0 Å². The quantitative estimate of drug-likeness (QED) is 0.926. The number of rotatable bonds is 4. The second kappa shape index (κ2) is 6.02. The Labute approximate surface area is 118 Å². The Bertz CT molecular complexity index is 614. The fourth-order valence-corrected chi connectivity index (χ4v) is 1.70. The van der Waals surface area contributed by atoms with Crippen LogP contribution in [0.2, 0.25) is 0 Å². The van der Waals surface area contributed by atoms with Crippen LogP contribution in [-0.2, 0) is 0 Å². The van der Waals surface area contributed by atoms with Crippen LogP contribution < -0.4 is 4.90 Å². The molecule has 0 aliphatic carbocycles. The lowest BCUT2D eigenvalue weighted by atomic mass is 10.1. The molecule has 1 aromatic heterocycles. The summed E-state index contributed by atoms with van der Waals surface area (Å²) in [6.45, 7) is 0. The minimum atomic E-state index is -0.965. The Morgan fingerprint density at radius 1 is 1.10 bits per heavy atom. The van der Waals surface area contributed by atoms with Crippen molar-refractivity contribution in [2.45, 2.75) is 0 Å². The zero-order valence-electron chi connectivity index (χ0n) is 11.4. The predicted molar refractivity (Wildman–Crippen MR) is 80.9 cm³/mol. The van der Waals surface area contributed by atoms with Crippen LogP contribution in [0.25, 0.3) is 12.2 Å². The number of carboxylic acids is 1. The summed E-state index contributed by atoms with van der Waals surface area (Å²) >= 11 is 0. The van der Waals surface area contributed by atoms with Crippen LogP contribution in [-0.4, -0.2) is 30.2 Å². The van der Waals surface area contributed by atoms with E-state index in [9.17, 15) is 4.79 Å². The topological polar surface area (TPSA) is 53.4 Å². The number of nitrogens with zero attached hydrogens (tertiary/aromatic N) is 2. The van der Waals surface area contributed by atoms with E-state index in [1.165, 1.54) is 6.20 Å². The van der Waals surface area contributed by atoms with Gasteiger partial charge < -0.3 is 10.0 Å². The van der Waals surface area contributed by atoms with Crippen molar-refractivity contribution in [2.24, 2.45) is 0 Å². The molecule has 0 radical (unpaired) electrons. The molecule has 0 saturated carbocycles. The first-order chi connectivity index (χ1) is 9.56. The third-order valence-electron chi connectivity index (χ3n) is 2.89. The fraction of sp³-hybridized carbons (Fsp3) is 0.125. The van der Waals surface area contributed by atoms with Gasteiger partial charge in [0.1, 0.15) is 0 Å². The van der Waals surface area contributed by atoms with Crippen molar-refractivity contribution in [1.29, 1.82) is 0 Å². The first-order valence-electron chi connectivity index (χ1n) is 6.21. The highest BCUT2D eigenvalue weighted by Gasteiger charge is 2.01. The average molecular weight is 268 g/mol. The number of hydrogen-bond donors (Lipinski definition) is 1. The van der Waals surface area contributed by atoms with Crippen LogP contribution in [0.15, 0.2) is 42.6 Å². The molecule has 102 valence electrons. The lowest BCUT2D eigenvalue weighted by Gasteiger charge is -2.11. The van der Waals surface area contributed by atoms with Crippen LogP contribution in [0, 0.1) is 0 Å². The zero-order chi connectivity index (χ0) is 14.5. The maximum absolute atomic E-state index is 10.7. The molecule has 1 heterocycles. The molecular weight excluding hydrogens is 252 g/mol. The molecule has 0 spiro atoms. The summed E-state index contributed by atoms with van der Waals surface area (Å²) in [6, 6.07) is 11.4. The van der Waals surface area contributed by atoms with Gasteiger partial charge in [-0.25, -0.2) is 4.79 Å². The summed E-state index contributed by atoms with van der Waals surface area (Å²) in [5.74, 6) is -0.965. The summed E-state index contributed by atoms with van der Waals surface area (Å²) in [7, 11) is 4.00. The molecule has 0 unspecified atom stereocenters. The third-order valence-corrected chi connectivity index (χ3v) is 2.89. The van der Waals surface area contributed by atoms with E-state index in [4.69, 9.17) is 5.11 Å². The summed E-state index contributed by atoms with van der Waals surface area (Å²) in [6.07, 6.45) is 5.16. The van der Waals surface area contributed by atoms with Crippen molar-refractivity contribution in [1.82, 2.24) is 4.98 Å². The number of benzene rings is 1. The standard InChI is InChI=1S/C16H16N2O2/c1-18(2)15-9-4-12(5-10-15)3-7-14-8-6-13(11-17-14)16(19)20/h3-11H,1-2H3,(H,19,20)/b7-3+. The van der Waals surface area contributed by atoms with Gasteiger partial charge in [0.15, 0.2) is 0 Å². The number of hydrogen-bond acceptors (Lipinski definition) is 3. The molecule has 0 atom stereocenters. The van der Waals surface area contributed by atoms with Gasteiger partial charge in [0.2, 0.25) is 0 Å². The third kappa shape index (κ3) is 3.45. The molecule has 2 rings (SSSR count). The molecule has 0 fully saturated rings. The molecular formula is C16H16N2O2. The van der Waals surface area contributed by atoms with Gasteiger partial charge >= 0.3 is 5.97 Å². The van der Waals surface area contributed by atoms with E-state index >= 15 is 0 Å². The Hall–Kier alpha value is -2.62. The van der Waals surface area contributed by atoms with Crippen molar-refractivity contribution in [3.63, 3.8) is 0 Å². The van der Waals surface area contributed by atoms with Crippen LogP contribution >= 0.6 is 0 Å². The van der Waals surface area contributed by atoms with Crippen LogP contribution in [0.1, 0.15) is 21.6 Å². The van der Waals surface area contributed by atoms with Crippen LogP contribution in [0.4, 0.5) is 5.69 Å². The lowest BCUT2D eigenvalue weighted by Crippen LogP contribution is -2.07. The number of aromatic carboxylic acids is 1. The van der Waals surface area contributed by atoms with E-state index in [0.29, 0.717) is 0 Å². The summed E-state index contributed by atoms with van der Waals surface area (Å²) in [5, 5.41) is 8.79. The minimum Gasteiger partial charge on any atom is -0.478 e. The molecule has 4 heteroatoms. The Morgan fingerprint density at radius 3 is 2.30 bits per heavy atom. The van der Waals surface area contributed by atoms with Gasteiger partial charge in [0, 0.05) is 26.0 Å². The molecule has 0 saturated heterocycles. The largest absolute Gasteiger partial charge is 0.478 e. The SMILES string of the molecule is CN(C)c1ccc(/C=C/c2ccc(C(=O)O)cn2)cc1. The minimum absolute atomic E-state index is 0.192. The Kier molecular flexibility index (Phi) is 4.15. The maximum atomic E-state index is 10.7. The lowest BCUT2D eigenvalue weighted by molar-refractivity contribution is 0.0696. The number of carboxylic acid groups (broad SMARTS) is 1. The smallest absolute Gasteiger partial charge is 0.337 e. The molecule has 0 aliphatic rings. The zero-order valence-corrected chi connectivity index (χ0v) is 11.4. The van der Waals surface area contributed by atoms with Gasteiger partial charge in [0.25, 0.3) is 0 Å². The van der Waals surface area contributed by atoms with E-state index in [1.807, 2.05) is 55.4 Å². The van der Waals surface area contributed by atoms with E-state index in [-0.39, 0.29) is 5.56 Å². The van der Waals surface area contributed by atoms with Crippen molar-refractivity contribution < 1.29 is 9.90 Å².